The molecule has 2 aliphatic carbocycles. The normalized spacial score (nSPS) is 22.9. The van der Waals surface area contributed by atoms with Crippen LogP contribution < -0.4 is 5.56 Å². The molecule has 0 spiro atoms. The number of carbonyl (C=O) groups is 1. The molecule has 3 atom stereocenters. The molecule has 1 aromatic heterocycles. The third-order valence-corrected chi connectivity index (χ3v) is 7.36. The molecular formula is C23H25Cl2NO3. The van der Waals surface area contributed by atoms with Gasteiger partial charge in [-0.3, -0.25) is 4.79 Å². The Bertz CT molecular complexity index is 967. The lowest BCUT2D eigenvalue weighted by molar-refractivity contribution is 0.0697. The van der Waals surface area contributed by atoms with E-state index >= 15 is 0 Å². The summed E-state index contributed by atoms with van der Waals surface area (Å²) in [5.41, 5.74) is 1.88. The zero-order valence-electron chi connectivity index (χ0n) is 16.2. The number of aromatic carboxylic acids is 1. The molecule has 0 aliphatic heterocycles. The molecule has 1 aromatic carbocycles. The summed E-state index contributed by atoms with van der Waals surface area (Å²) in [5.74, 6) is 1.55. The molecule has 0 saturated heterocycles. The maximum Gasteiger partial charge on any atom is 0.335 e. The lowest BCUT2D eigenvalue weighted by atomic mass is 9.85. The summed E-state index contributed by atoms with van der Waals surface area (Å²) in [6.45, 7) is 0.470. The van der Waals surface area contributed by atoms with E-state index in [4.69, 9.17) is 28.3 Å². The second-order valence-electron chi connectivity index (χ2n) is 8.47. The van der Waals surface area contributed by atoms with E-state index in [1.165, 1.54) is 25.7 Å². The standard InChI is InChI=1S/C23H25Cl2NO3/c24-19-13-20(25)22(27)26(10-9-14-1-4-16(5-2-14)23(28)29)21(19)8-7-18-12-15-3-6-17(18)11-15/h1-2,4-5,13,15,17-18H,3,6-12H2,(H,28,29)/t15-,17+,18+/m0/s1. The Morgan fingerprint density at radius 2 is 1.83 bits per heavy atom. The van der Waals surface area contributed by atoms with E-state index < -0.39 is 5.97 Å². The minimum atomic E-state index is -0.947. The highest BCUT2D eigenvalue weighted by Crippen LogP contribution is 2.49. The number of carboxylic acids is 1. The van der Waals surface area contributed by atoms with Crippen LogP contribution in [-0.2, 0) is 19.4 Å². The summed E-state index contributed by atoms with van der Waals surface area (Å²) >= 11 is 12.6. The van der Waals surface area contributed by atoms with Crippen LogP contribution in [0.15, 0.2) is 35.1 Å². The van der Waals surface area contributed by atoms with Gasteiger partial charge in [-0.2, -0.15) is 0 Å². The minimum Gasteiger partial charge on any atom is -0.478 e. The van der Waals surface area contributed by atoms with Crippen molar-refractivity contribution in [3.8, 4) is 0 Å². The molecule has 0 radical (unpaired) electrons. The quantitative estimate of drug-likeness (QED) is 0.629. The molecule has 1 heterocycles. The summed E-state index contributed by atoms with van der Waals surface area (Å²) in [7, 11) is 0. The second-order valence-corrected chi connectivity index (χ2v) is 9.28. The Hall–Kier alpha value is -1.78. The van der Waals surface area contributed by atoms with E-state index in [1.54, 1.807) is 34.9 Å². The number of aryl methyl sites for hydroxylation is 1. The summed E-state index contributed by atoms with van der Waals surface area (Å²) < 4.78 is 1.71. The van der Waals surface area contributed by atoms with Crippen LogP contribution in [-0.4, -0.2) is 15.6 Å². The van der Waals surface area contributed by atoms with Crippen molar-refractivity contribution < 1.29 is 9.90 Å². The third kappa shape index (κ3) is 4.39. The topological polar surface area (TPSA) is 59.3 Å². The van der Waals surface area contributed by atoms with E-state index in [0.717, 1.165) is 41.9 Å². The first-order valence-corrected chi connectivity index (χ1v) is 11.1. The molecule has 154 valence electrons. The van der Waals surface area contributed by atoms with Crippen LogP contribution in [0.25, 0.3) is 0 Å². The number of hydrogen-bond donors (Lipinski definition) is 1. The monoisotopic (exact) mass is 433 g/mol. The van der Waals surface area contributed by atoms with Crippen molar-refractivity contribution in [3.05, 3.63) is 67.6 Å². The van der Waals surface area contributed by atoms with Crippen LogP contribution >= 0.6 is 23.2 Å². The molecule has 2 fully saturated rings. The van der Waals surface area contributed by atoms with Gasteiger partial charge in [0.2, 0.25) is 0 Å². The molecule has 2 saturated carbocycles. The molecule has 6 heteroatoms. The highest BCUT2D eigenvalue weighted by molar-refractivity contribution is 6.34. The molecule has 0 amide bonds. The van der Waals surface area contributed by atoms with Gasteiger partial charge in [-0.25, -0.2) is 4.79 Å². The molecular weight excluding hydrogens is 409 g/mol. The zero-order valence-corrected chi connectivity index (χ0v) is 17.8. The van der Waals surface area contributed by atoms with Crippen LogP contribution in [0.2, 0.25) is 10.0 Å². The third-order valence-electron chi connectivity index (χ3n) is 6.77. The summed E-state index contributed by atoms with van der Waals surface area (Å²) in [5, 5.41) is 9.72. The Kier molecular flexibility index (Phi) is 6.03. The second kappa shape index (κ2) is 8.53. The van der Waals surface area contributed by atoms with Gasteiger partial charge < -0.3 is 9.67 Å². The minimum absolute atomic E-state index is 0.139. The zero-order chi connectivity index (χ0) is 20.5. The van der Waals surface area contributed by atoms with Crippen LogP contribution in [0.1, 0.15) is 53.7 Å². The summed E-state index contributed by atoms with van der Waals surface area (Å²) in [4.78, 5) is 23.7. The number of pyridine rings is 1. The van der Waals surface area contributed by atoms with Crippen molar-refractivity contribution >= 4 is 29.2 Å². The van der Waals surface area contributed by atoms with Gasteiger partial charge in [0.15, 0.2) is 0 Å². The first-order chi connectivity index (χ1) is 13.9. The number of hydrogen-bond acceptors (Lipinski definition) is 2. The van der Waals surface area contributed by atoms with Crippen molar-refractivity contribution in [2.75, 3.05) is 0 Å². The highest BCUT2D eigenvalue weighted by atomic mass is 35.5. The van der Waals surface area contributed by atoms with Crippen molar-refractivity contribution in [2.24, 2.45) is 17.8 Å². The summed E-state index contributed by atoms with van der Waals surface area (Å²) in [6.07, 6.45) is 7.88. The lowest BCUT2D eigenvalue weighted by Gasteiger charge is -2.23. The molecule has 2 bridgehead atoms. The Balaban J connectivity index is 1.50. The predicted octanol–water partition coefficient (Wildman–Crippen LogP) is 5.46. The van der Waals surface area contributed by atoms with Gasteiger partial charge in [0.1, 0.15) is 5.02 Å². The van der Waals surface area contributed by atoms with Gasteiger partial charge in [0.25, 0.3) is 5.56 Å². The fourth-order valence-electron chi connectivity index (χ4n) is 5.23. The molecule has 2 aliphatic rings. The van der Waals surface area contributed by atoms with Gasteiger partial charge >= 0.3 is 5.97 Å². The van der Waals surface area contributed by atoms with Gasteiger partial charge in [0, 0.05) is 12.2 Å². The Morgan fingerprint density at radius 1 is 1.07 bits per heavy atom. The first-order valence-electron chi connectivity index (χ1n) is 10.3. The maximum absolute atomic E-state index is 12.7. The van der Waals surface area contributed by atoms with E-state index in [0.29, 0.717) is 18.0 Å². The number of halogens is 2. The fourth-order valence-corrected chi connectivity index (χ4v) is 5.81. The van der Waals surface area contributed by atoms with Crippen molar-refractivity contribution in [1.29, 1.82) is 0 Å². The first kappa shape index (κ1) is 20.5. The van der Waals surface area contributed by atoms with E-state index in [-0.39, 0.29) is 16.1 Å². The van der Waals surface area contributed by atoms with Crippen LogP contribution in [0.3, 0.4) is 0 Å². The number of benzene rings is 1. The van der Waals surface area contributed by atoms with Crippen LogP contribution in [0.4, 0.5) is 0 Å². The average Bonchev–Trinajstić information content (AvgIpc) is 3.32. The predicted molar refractivity (Wildman–Crippen MR) is 115 cm³/mol. The molecule has 29 heavy (non-hydrogen) atoms. The van der Waals surface area contributed by atoms with E-state index in [9.17, 15) is 9.59 Å². The molecule has 0 unspecified atom stereocenters. The molecule has 4 nitrogen and oxygen atoms in total. The maximum atomic E-state index is 12.7. The number of nitrogens with zero attached hydrogens (tertiary/aromatic N) is 1. The average molecular weight is 434 g/mol. The number of fused-ring (bicyclic) bond motifs is 2. The van der Waals surface area contributed by atoms with Crippen molar-refractivity contribution in [1.82, 2.24) is 4.57 Å². The fraction of sp³-hybridized carbons (Fsp3) is 0.478. The largest absolute Gasteiger partial charge is 0.478 e. The van der Waals surface area contributed by atoms with E-state index in [2.05, 4.69) is 0 Å². The van der Waals surface area contributed by atoms with E-state index in [1.807, 2.05) is 0 Å². The highest BCUT2D eigenvalue weighted by Gasteiger charge is 2.39. The van der Waals surface area contributed by atoms with Crippen molar-refractivity contribution in [3.63, 3.8) is 0 Å². The van der Waals surface area contributed by atoms with Gasteiger partial charge in [0.05, 0.1) is 10.6 Å². The number of carboxylic acid groups (broad SMARTS) is 1. The molecule has 1 N–H and O–H groups in total. The van der Waals surface area contributed by atoms with Crippen LogP contribution in [0, 0.1) is 17.8 Å². The van der Waals surface area contributed by atoms with Crippen LogP contribution in [0.5, 0.6) is 0 Å². The molecule has 4 rings (SSSR count). The smallest absolute Gasteiger partial charge is 0.335 e. The van der Waals surface area contributed by atoms with Gasteiger partial charge in [-0.05, 0) is 80.0 Å². The number of aromatic nitrogens is 1. The SMILES string of the molecule is O=C(O)c1ccc(CCn2c(CC[C@@H]3C[C@H]4CC[C@@H]3C4)c(Cl)cc(Cl)c2=O)cc1. The van der Waals surface area contributed by atoms with Gasteiger partial charge in [-0.15, -0.1) is 0 Å². The Morgan fingerprint density at radius 3 is 2.45 bits per heavy atom. The molecule has 2 aromatic rings. The van der Waals surface area contributed by atoms with Gasteiger partial charge in [-0.1, -0.05) is 41.8 Å². The number of rotatable bonds is 7. The summed E-state index contributed by atoms with van der Waals surface area (Å²) in [6, 6.07) is 8.31. The van der Waals surface area contributed by atoms with Crippen molar-refractivity contribution in [2.45, 2.75) is 51.5 Å². The lowest BCUT2D eigenvalue weighted by Crippen LogP contribution is -2.26. The Labute approximate surface area is 180 Å².